The van der Waals surface area contributed by atoms with E-state index in [0.29, 0.717) is 11.8 Å². The summed E-state index contributed by atoms with van der Waals surface area (Å²) in [6.45, 7) is 7.63. The lowest BCUT2D eigenvalue weighted by molar-refractivity contribution is -0.137. The van der Waals surface area contributed by atoms with E-state index in [-0.39, 0.29) is 18.3 Å². The van der Waals surface area contributed by atoms with Crippen molar-refractivity contribution in [2.75, 3.05) is 44.2 Å². The first-order valence-corrected chi connectivity index (χ1v) is 8.43. The number of carbonyl (C=O) groups excluding carboxylic acids is 1. The lowest BCUT2D eigenvalue weighted by Crippen LogP contribution is -2.53. The molecule has 2 saturated heterocycles. The first kappa shape index (κ1) is 18.0. The van der Waals surface area contributed by atoms with Gasteiger partial charge in [-0.25, -0.2) is 4.98 Å². The summed E-state index contributed by atoms with van der Waals surface area (Å²) in [4.78, 5) is 21.2. The number of pyridine rings is 1. The van der Waals surface area contributed by atoms with E-state index in [1.165, 1.54) is 0 Å². The molecule has 0 radical (unpaired) electrons. The van der Waals surface area contributed by atoms with Crippen LogP contribution in [0.5, 0.6) is 0 Å². The SMILES string of the molecule is CCN(CC1CCN(c2ccccn2)CC1)C(=O)C1CNC1.Cl. The van der Waals surface area contributed by atoms with E-state index in [1.807, 2.05) is 18.3 Å². The number of rotatable bonds is 5. The number of hydrogen-bond acceptors (Lipinski definition) is 4. The quantitative estimate of drug-likeness (QED) is 0.889. The Morgan fingerprint density at radius 3 is 2.61 bits per heavy atom. The van der Waals surface area contributed by atoms with Crippen LogP contribution in [0.25, 0.3) is 0 Å². The van der Waals surface area contributed by atoms with Gasteiger partial charge in [0, 0.05) is 45.5 Å². The van der Waals surface area contributed by atoms with Crippen LogP contribution in [-0.2, 0) is 4.79 Å². The molecular formula is C17H27ClN4O. The smallest absolute Gasteiger partial charge is 0.228 e. The molecule has 0 unspecified atom stereocenters. The maximum absolute atomic E-state index is 12.4. The van der Waals surface area contributed by atoms with Crippen LogP contribution in [0, 0.1) is 11.8 Å². The van der Waals surface area contributed by atoms with Crippen molar-refractivity contribution in [2.24, 2.45) is 11.8 Å². The summed E-state index contributed by atoms with van der Waals surface area (Å²) in [6, 6.07) is 6.07. The predicted molar refractivity (Wildman–Crippen MR) is 95.0 cm³/mol. The molecule has 3 heterocycles. The maximum atomic E-state index is 12.4. The number of amides is 1. The van der Waals surface area contributed by atoms with Crippen molar-refractivity contribution in [2.45, 2.75) is 19.8 Å². The van der Waals surface area contributed by atoms with Gasteiger partial charge in [-0.1, -0.05) is 6.07 Å². The number of anilines is 1. The Morgan fingerprint density at radius 2 is 2.09 bits per heavy atom. The van der Waals surface area contributed by atoms with Gasteiger partial charge in [0.05, 0.1) is 5.92 Å². The van der Waals surface area contributed by atoms with E-state index in [1.54, 1.807) is 0 Å². The van der Waals surface area contributed by atoms with Gasteiger partial charge in [0.15, 0.2) is 0 Å². The lowest BCUT2D eigenvalue weighted by atomic mass is 9.94. The number of halogens is 1. The third-order valence-corrected chi connectivity index (χ3v) is 4.89. The van der Waals surface area contributed by atoms with E-state index in [2.05, 4.69) is 33.1 Å². The Balaban J connectivity index is 0.00000192. The average molecular weight is 339 g/mol. The molecule has 0 aliphatic carbocycles. The molecular weight excluding hydrogens is 312 g/mol. The molecule has 1 amide bonds. The minimum atomic E-state index is 0. The van der Waals surface area contributed by atoms with Crippen LogP contribution in [0.3, 0.4) is 0 Å². The van der Waals surface area contributed by atoms with Crippen molar-refractivity contribution in [3.63, 3.8) is 0 Å². The monoisotopic (exact) mass is 338 g/mol. The van der Waals surface area contributed by atoms with E-state index in [4.69, 9.17) is 0 Å². The molecule has 0 atom stereocenters. The summed E-state index contributed by atoms with van der Waals surface area (Å²) in [7, 11) is 0. The molecule has 128 valence electrons. The zero-order chi connectivity index (χ0) is 15.4. The molecule has 6 heteroatoms. The second-order valence-corrected chi connectivity index (χ2v) is 6.35. The lowest BCUT2D eigenvalue weighted by Gasteiger charge is -2.37. The van der Waals surface area contributed by atoms with Crippen molar-refractivity contribution in [1.82, 2.24) is 15.2 Å². The fourth-order valence-electron chi connectivity index (χ4n) is 3.29. The Labute approximate surface area is 144 Å². The number of piperidine rings is 1. The number of aromatic nitrogens is 1. The van der Waals surface area contributed by atoms with Crippen LogP contribution in [-0.4, -0.2) is 55.1 Å². The normalized spacial score (nSPS) is 18.9. The molecule has 5 nitrogen and oxygen atoms in total. The average Bonchev–Trinajstić information content (AvgIpc) is 2.52. The van der Waals surface area contributed by atoms with Gasteiger partial charge >= 0.3 is 0 Å². The summed E-state index contributed by atoms with van der Waals surface area (Å²) in [5.74, 6) is 2.25. The van der Waals surface area contributed by atoms with Crippen LogP contribution in [0.1, 0.15) is 19.8 Å². The summed E-state index contributed by atoms with van der Waals surface area (Å²) < 4.78 is 0. The van der Waals surface area contributed by atoms with Gasteiger partial charge in [0.1, 0.15) is 5.82 Å². The Morgan fingerprint density at radius 1 is 1.35 bits per heavy atom. The van der Waals surface area contributed by atoms with Crippen LogP contribution < -0.4 is 10.2 Å². The van der Waals surface area contributed by atoms with Crippen molar-refractivity contribution in [1.29, 1.82) is 0 Å². The van der Waals surface area contributed by atoms with Crippen molar-refractivity contribution in [3.8, 4) is 0 Å². The molecule has 23 heavy (non-hydrogen) atoms. The van der Waals surface area contributed by atoms with Gasteiger partial charge in [0.25, 0.3) is 0 Å². The molecule has 0 bridgehead atoms. The Hall–Kier alpha value is -1.33. The summed E-state index contributed by atoms with van der Waals surface area (Å²) >= 11 is 0. The number of nitrogens with one attached hydrogen (secondary N) is 1. The second kappa shape index (κ2) is 8.50. The summed E-state index contributed by atoms with van der Waals surface area (Å²) in [6.07, 6.45) is 4.14. The molecule has 1 N–H and O–H groups in total. The topological polar surface area (TPSA) is 48.5 Å². The fourth-order valence-corrected chi connectivity index (χ4v) is 3.29. The van der Waals surface area contributed by atoms with E-state index in [0.717, 1.165) is 57.9 Å². The first-order chi connectivity index (χ1) is 10.8. The largest absolute Gasteiger partial charge is 0.357 e. The molecule has 2 aliphatic rings. The third-order valence-electron chi connectivity index (χ3n) is 4.89. The minimum Gasteiger partial charge on any atom is -0.357 e. The minimum absolute atomic E-state index is 0. The van der Waals surface area contributed by atoms with E-state index >= 15 is 0 Å². The van der Waals surface area contributed by atoms with Gasteiger partial charge in [-0.3, -0.25) is 4.79 Å². The number of nitrogens with zero attached hydrogens (tertiary/aromatic N) is 3. The Bertz CT molecular complexity index is 487. The summed E-state index contributed by atoms with van der Waals surface area (Å²) in [5, 5.41) is 3.19. The molecule has 2 fully saturated rings. The highest BCUT2D eigenvalue weighted by Gasteiger charge is 2.30. The predicted octanol–water partition coefficient (Wildman–Crippen LogP) is 1.79. The fraction of sp³-hybridized carbons (Fsp3) is 0.647. The van der Waals surface area contributed by atoms with Gasteiger partial charge in [0.2, 0.25) is 5.91 Å². The number of hydrogen-bond donors (Lipinski definition) is 1. The van der Waals surface area contributed by atoms with Crippen molar-refractivity contribution < 1.29 is 4.79 Å². The van der Waals surface area contributed by atoms with Crippen molar-refractivity contribution >= 4 is 24.1 Å². The highest BCUT2D eigenvalue weighted by atomic mass is 35.5. The molecule has 1 aromatic rings. The highest BCUT2D eigenvalue weighted by Crippen LogP contribution is 2.23. The maximum Gasteiger partial charge on any atom is 0.228 e. The van der Waals surface area contributed by atoms with Crippen LogP contribution >= 0.6 is 12.4 Å². The second-order valence-electron chi connectivity index (χ2n) is 6.35. The molecule has 1 aromatic heterocycles. The zero-order valence-corrected chi connectivity index (χ0v) is 14.6. The first-order valence-electron chi connectivity index (χ1n) is 8.43. The molecule has 0 spiro atoms. The summed E-state index contributed by atoms with van der Waals surface area (Å²) in [5.41, 5.74) is 0. The zero-order valence-electron chi connectivity index (χ0n) is 13.8. The molecule has 2 aliphatic heterocycles. The van der Waals surface area contributed by atoms with Gasteiger partial charge in [-0.05, 0) is 37.8 Å². The third kappa shape index (κ3) is 4.36. The molecule has 3 rings (SSSR count). The highest BCUT2D eigenvalue weighted by molar-refractivity contribution is 5.85. The standard InChI is InChI=1S/C17H26N4O.ClH/c1-2-20(17(22)15-11-18-12-15)13-14-6-9-21(10-7-14)16-5-3-4-8-19-16;/h3-5,8,14-15,18H,2,6-7,9-13H2,1H3;1H. The van der Waals surface area contributed by atoms with Crippen LogP contribution in [0.4, 0.5) is 5.82 Å². The van der Waals surface area contributed by atoms with Crippen LogP contribution in [0.2, 0.25) is 0 Å². The van der Waals surface area contributed by atoms with Gasteiger partial charge in [-0.2, -0.15) is 0 Å². The van der Waals surface area contributed by atoms with Crippen LogP contribution in [0.15, 0.2) is 24.4 Å². The molecule has 0 saturated carbocycles. The van der Waals surface area contributed by atoms with Gasteiger partial charge in [-0.15, -0.1) is 12.4 Å². The number of carbonyl (C=O) groups is 1. The van der Waals surface area contributed by atoms with Crippen molar-refractivity contribution in [3.05, 3.63) is 24.4 Å². The van der Waals surface area contributed by atoms with Gasteiger partial charge < -0.3 is 15.1 Å². The van der Waals surface area contributed by atoms with E-state index < -0.39 is 0 Å². The van der Waals surface area contributed by atoms with E-state index in [9.17, 15) is 4.79 Å². The molecule has 0 aromatic carbocycles. The Kier molecular flexibility index (Phi) is 6.66.